The van der Waals surface area contributed by atoms with Crippen LogP contribution in [0.2, 0.25) is 0 Å². The number of benzene rings is 1. The summed E-state index contributed by atoms with van der Waals surface area (Å²) >= 11 is 0. The SMILES string of the molecule is O=C(O)c1ccc(CNc2cc(F)ccc2[N+](=O)[O-])o1. The molecule has 0 saturated carbocycles. The Hall–Kier alpha value is -2.90. The Morgan fingerprint density at radius 1 is 1.40 bits per heavy atom. The number of hydrogen-bond acceptors (Lipinski definition) is 5. The quantitative estimate of drug-likeness (QED) is 0.644. The number of nitrogens with one attached hydrogen (secondary N) is 1. The van der Waals surface area contributed by atoms with Gasteiger partial charge in [0.25, 0.3) is 5.69 Å². The van der Waals surface area contributed by atoms with E-state index in [2.05, 4.69) is 5.32 Å². The molecule has 0 aliphatic heterocycles. The number of aromatic carboxylic acids is 1. The molecule has 0 aliphatic carbocycles. The number of carbonyl (C=O) groups is 1. The summed E-state index contributed by atoms with van der Waals surface area (Å²) < 4.78 is 18.1. The monoisotopic (exact) mass is 280 g/mol. The number of rotatable bonds is 5. The molecule has 0 spiro atoms. The molecule has 1 heterocycles. The van der Waals surface area contributed by atoms with Gasteiger partial charge in [-0.25, -0.2) is 9.18 Å². The second-order valence-corrected chi connectivity index (χ2v) is 3.84. The van der Waals surface area contributed by atoms with Crippen LogP contribution in [0.3, 0.4) is 0 Å². The summed E-state index contributed by atoms with van der Waals surface area (Å²) in [5.74, 6) is -1.81. The molecule has 7 nitrogen and oxygen atoms in total. The number of nitro groups is 1. The molecule has 2 aromatic rings. The van der Waals surface area contributed by atoms with Crippen LogP contribution < -0.4 is 5.32 Å². The molecule has 8 heteroatoms. The van der Waals surface area contributed by atoms with Gasteiger partial charge in [0, 0.05) is 12.1 Å². The highest BCUT2D eigenvalue weighted by molar-refractivity contribution is 5.84. The van der Waals surface area contributed by atoms with Gasteiger partial charge in [0.1, 0.15) is 17.3 Å². The van der Waals surface area contributed by atoms with Crippen molar-refractivity contribution in [3.8, 4) is 0 Å². The molecule has 0 fully saturated rings. The first-order valence-electron chi connectivity index (χ1n) is 5.47. The van der Waals surface area contributed by atoms with E-state index in [9.17, 15) is 19.3 Å². The van der Waals surface area contributed by atoms with E-state index in [1.54, 1.807) is 0 Å². The molecule has 2 rings (SSSR count). The Morgan fingerprint density at radius 3 is 2.75 bits per heavy atom. The van der Waals surface area contributed by atoms with Crippen molar-refractivity contribution in [3.05, 3.63) is 57.8 Å². The van der Waals surface area contributed by atoms with Crippen LogP contribution in [0.4, 0.5) is 15.8 Å². The molecular formula is C12H9FN2O5. The van der Waals surface area contributed by atoms with Gasteiger partial charge in [0.15, 0.2) is 0 Å². The maximum atomic E-state index is 13.1. The van der Waals surface area contributed by atoms with Gasteiger partial charge >= 0.3 is 5.97 Å². The van der Waals surface area contributed by atoms with Gasteiger partial charge in [0.05, 0.1) is 11.5 Å². The van der Waals surface area contributed by atoms with E-state index in [4.69, 9.17) is 9.52 Å². The van der Waals surface area contributed by atoms with Crippen LogP contribution in [0.25, 0.3) is 0 Å². The van der Waals surface area contributed by atoms with E-state index in [0.29, 0.717) is 0 Å². The lowest BCUT2D eigenvalue weighted by atomic mass is 10.2. The molecule has 0 aliphatic rings. The standard InChI is InChI=1S/C12H9FN2O5/c13-7-1-3-10(15(18)19)9(5-7)14-6-8-2-4-11(20-8)12(16)17/h1-5,14H,6H2,(H,16,17). The van der Waals surface area contributed by atoms with E-state index in [1.807, 2.05) is 0 Å². The molecule has 0 amide bonds. The van der Waals surface area contributed by atoms with Crippen molar-refractivity contribution >= 4 is 17.3 Å². The Labute approximate surface area is 111 Å². The third kappa shape index (κ3) is 2.91. The minimum absolute atomic E-state index is 0.00241. The minimum atomic E-state index is -1.21. The van der Waals surface area contributed by atoms with Crippen LogP contribution in [0.1, 0.15) is 16.3 Å². The number of anilines is 1. The van der Waals surface area contributed by atoms with E-state index < -0.39 is 16.7 Å². The number of halogens is 1. The first-order chi connectivity index (χ1) is 9.47. The second-order valence-electron chi connectivity index (χ2n) is 3.84. The second kappa shape index (κ2) is 5.39. The van der Waals surface area contributed by atoms with Gasteiger partial charge in [-0.2, -0.15) is 0 Å². The lowest BCUT2D eigenvalue weighted by Gasteiger charge is -2.05. The van der Waals surface area contributed by atoms with Gasteiger partial charge in [-0.1, -0.05) is 0 Å². The van der Waals surface area contributed by atoms with Crippen molar-refractivity contribution in [1.29, 1.82) is 0 Å². The van der Waals surface area contributed by atoms with Crippen molar-refractivity contribution in [2.75, 3.05) is 5.32 Å². The molecule has 0 atom stereocenters. The summed E-state index contributed by atoms with van der Waals surface area (Å²) in [4.78, 5) is 20.8. The van der Waals surface area contributed by atoms with Crippen LogP contribution in [0, 0.1) is 15.9 Å². The van der Waals surface area contributed by atoms with Crippen LogP contribution in [-0.4, -0.2) is 16.0 Å². The average molecular weight is 280 g/mol. The normalized spacial score (nSPS) is 10.2. The number of furan rings is 1. The maximum Gasteiger partial charge on any atom is 0.371 e. The zero-order valence-corrected chi connectivity index (χ0v) is 10.00. The fourth-order valence-corrected chi connectivity index (χ4v) is 1.58. The van der Waals surface area contributed by atoms with Gasteiger partial charge < -0.3 is 14.8 Å². The third-order valence-corrected chi connectivity index (χ3v) is 2.48. The van der Waals surface area contributed by atoms with Gasteiger partial charge in [0.2, 0.25) is 5.76 Å². The summed E-state index contributed by atoms with van der Waals surface area (Å²) in [6, 6.07) is 5.70. The maximum absolute atomic E-state index is 13.1. The Morgan fingerprint density at radius 2 is 2.15 bits per heavy atom. The number of carboxylic acids is 1. The van der Waals surface area contributed by atoms with Crippen LogP contribution in [0.15, 0.2) is 34.7 Å². The average Bonchev–Trinajstić information content (AvgIpc) is 2.85. The Kier molecular flexibility index (Phi) is 3.65. The summed E-state index contributed by atoms with van der Waals surface area (Å²) in [5.41, 5.74) is -0.292. The minimum Gasteiger partial charge on any atom is -0.475 e. The fraction of sp³-hybridized carbons (Fsp3) is 0.0833. The van der Waals surface area contributed by atoms with Crippen molar-refractivity contribution in [3.63, 3.8) is 0 Å². The lowest BCUT2D eigenvalue weighted by molar-refractivity contribution is -0.384. The number of nitrogens with zero attached hydrogens (tertiary/aromatic N) is 1. The smallest absolute Gasteiger partial charge is 0.371 e. The zero-order chi connectivity index (χ0) is 14.7. The third-order valence-electron chi connectivity index (χ3n) is 2.48. The summed E-state index contributed by atoms with van der Waals surface area (Å²) in [6.07, 6.45) is 0. The molecule has 0 unspecified atom stereocenters. The first-order valence-corrected chi connectivity index (χ1v) is 5.47. The molecule has 2 N–H and O–H groups in total. The molecule has 1 aromatic heterocycles. The first kappa shape index (κ1) is 13.5. The number of carboxylic acid groups (broad SMARTS) is 1. The van der Waals surface area contributed by atoms with Crippen molar-refractivity contribution in [1.82, 2.24) is 0 Å². The van der Waals surface area contributed by atoms with Crippen LogP contribution in [-0.2, 0) is 6.54 Å². The summed E-state index contributed by atoms with van der Waals surface area (Å²) in [7, 11) is 0. The largest absolute Gasteiger partial charge is 0.475 e. The zero-order valence-electron chi connectivity index (χ0n) is 10.00. The van der Waals surface area contributed by atoms with Gasteiger partial charge in [-0.15, -0.1) is 0 Å². The molecule has 0 radical (unpaired) electrons. The molecule has 104 valence electrons. The lowest BCUT2D eigenvalue weighted by Crippen LogP contribution is -2.02. The van der Waals surface area contributed by atoms with Gasteiger partial charge in [-0.3, -0.25) is 10.1 Å². The van der Waals surface area contributed by atoms with Crippen molar-refractivity contribution in [2.45, 2.75) is 6.54 Å². The number of nitro benzene ring substituents is 1. The molecule has 1 aromatic carbocycles. The Balaban J connectivity index is 2.15. The highest BCUT2D eigenvalue weighted by Gasteiger charge is 2.15. The molecule has 0 bridgehead atoms. The fourth-order valence-electron chi connectivity index (χ4n) is 1.58. The van der Waals surface area contributed by atoms with E-state index in [-0.39, 0.29) is 29.4 Å². The molecule has 0 saturated heterocycles. The van der Waals surface area contributed by atoms with E-state index in [1.165, 1.54) is 12.1 Å². The topological polar surface area (TPSA) is 106 Å². The van der Waals surface area contributed by atoms with Crippen molar-refractivity contribution in [2.24, 2.45) is 0 Å². The van der Waals surface area contributed by atoms with E-state index in [0.717, 1.165) is 18.2 Å². The highest BCUT2D eigenvalue weighted by atomic mass is 19.1. The summed E-state index contributed by atoms with van der Waals surface area (Å²) in [5, 5.41) is 22.1. The highest BCUT2D eigenvalue weighted by Crippen LogP contribution is 2.25. The van der Waals surface area contributed by atoms with Crippen LogP contribution >= 0.6 is 0 Å². The van der Waals surface area contributed by atoms with E-state index >= 15 is 0 Å². The van der Waals surface area contributed by atoms with Gasteiger partial charge in [-0.05, 0) is 18.2 Å². The van der Waals surface area contributed by atoms with Crippen LogP contribution in [0.5, 0.6) is 0 Å². The predicted molar refractivity (Wildman–Crippen MR) is 66.0 cm³/mol. The number of hydrogen-bond donors (Lipinski definition) is 2. The Bertz CT molecular complexity index is 668. The molecule has 20 heavy (non-hydrogen) atoms. The summed E-state index contributed by atoms with van der Waals surface area (Å²) in [6.45, 7) is -0.00241. The molecular weight excluding hydrogens is 271 g/mol. The van der Waals surface area contributed by atoms with Crippen molar-refractivity contribution < 1.29 is 23.6 Å². The predicted octanol–water partition coefficient (Wildman–Crippen LogP) is 2.64.